The normalized spacial score (nSPS) is 11.7. The third kappa shape index (κ3) is 4.05. The molecule has 2 heterocycles. The van der Waals surface area contributed by atoms with Gasteiger partial charge in [0.25, 0.3) is 0 Å². The van der Waals surface area contributed by atoms with Crippen LogP contribution in [0.25, 0.3) is 11.0 Å². The van der Waals surface area contributed by atoms with Crippen molar-refractivity contribution in [3.63, 3.8) is 0 Å². The van der Waals surface area contributed by atoms with Gasteiger partial charge in [-0.3, -0.25) is 9.59 Å². The van der Waals surface area contributed by atoms with Crippen LogP contribution in [0.2, 0.25) is 5.02 Å². The molecule has 0 aliphatic rings. The average Bonchev–Trinajstić information content (AvgIpc) is 3.06. The van der Waals surface area contributed by atoms with Gasteiger partial charge in [0.15, 0.2) is 23.7 Å². The van der Waals surface area contributed by atoms with Crippen molar-refractivity contribution < 1.29 is 18.7 Å². The maximum atomic E-state index is 12.2. The number of halogens is 1. The first-order valence-corrected chi connectivity index (χ1v) is 8.89. The molecule has 0 amide bonds. The van der Waals surface area contributed by atoms with Crippen molar-refractivity contribution in [2.45, 2.75) is 12.8 Å². The van der Waals surface area contributed by atoms with Crippen molar-refractivity contribution in [1.29, 1.82) is 5.26 Å². The van der Waals surface area contributed by atoms with E-state index < -0.39 is 29.7 Å². The molecule has 0 saturated heterocycles. The van der Waals surface area contributed by atoms with Crippen LogP contribution < -0.4 is 5.43 Å². The van der Waals surface area contributed by atoms with E-state index in [4.69, 9.17) is 20.8 Å². The van der Waals surface area contributed by atoms with Crippen molar-refractivity contribution in [3.05, 3.63) is 61.4 Å². The van der Waals surface area contributed by atoms with Crippen LogP contribution in [0.1, 0.15) is 27.2 Å². The van der Waals surface area contributed by atoms with Gasteiger partial charge in [-0.2, -0.15) is 5.26 Å². The fourth-order valence-corrected chi connectivity index (χ4v) is 3.32. The zero-order valence-corrected chi connectivity index (χ0v) is 15.5. The van der Waals surface area contributed by atoms with E-state index in [1.54, 1.807) is 12.3 Å². The summed E-state index contributed by atoms with van der Waals surface area (Å²) < 4.78 is 10.3. The zero-order chi connectivity index (χ0) is 19.6. The van der Waals surface area contributed by atoms with Gasteiger partial charge in [0.2, 0.25) is 5.76 Å². The Morgan fingerprint density at radius 3 is 2.85 bits per heavy atom. The van der Waals surface area contributed by atoms with E-state index in [2.05, 4.69) is 4.98 Å². The molecule has 0 aliphatic heterocycles. The van der Waals surface area contributed by atoms with Gasteiger partial charge in [-0.25, -0.2) is 9.78 Å². The molecule has 7 nitrogen and oxygen atoms in total. The molecule has 27 heavy (non-hydrogen) atoms. The number of hydrogen-bond acceptors (Lipinski definition) is 8. The van der Waals surface area contributed by atoms with Crippen LogP contribution in [-0.2, 0) is 9.53 Å². The van der Waals surface area contributed by atoms with Gasteiger partial charge in [-0.05, 0) is 25.1 Å². The summed E-state index contributed by atoms with van der Waals surface area (Å²) in [6, 6.07) is 7.22. The van der Waals surface area contributed by atoms with E-state index in [-0.39, 0.29) is 16.7 Å². The largest absolute Gasteiger partial charge is 0.452 e. The number of ketones is 1. The van der Waals surface area contributed by atoms with Crippen LogP contribution in [0, 0.1) is 18.3 Å². The lowest BCUT2D eigenvalue weighted by atomic mass is 10.1. The average molecular weight is 403 g/mol. The Kier molecular flexibility index (Phi) is 5.35. The third-order valence-electron chi connectivity index (χ3n) is 3.57. The lowest BCUT2D eigenvalue weighted by Crippen LogP contribution is -2.20. The maximum absolute atomic E-state index is 12.2. The molecule has 1 atom stereocenters. The Bertz CT molecular complexity index is 1140. The smallest absolute Gasteiger partial charge is 0.374 e. The van der Waals surface area contributed by atoms with Gasteiger partial charge < -0.3 is 9.15 Å². The summed E-state index contributed by atoms with van der Waals surface area (Å²) in [5.41, 5.74) is 0.390. The highest BCUT2D eigenvalue weighted by atomic mass is 35.5. The summed E-state index contributed by atoms with van der Waals surface area (Å²) in [7, 11) is 0. The van der Waals surface area contributed by atoms with Gasteiger partial charge in [-0.15, -0.1) is 11.3 Å². The van der Waals surface area contributed by atoms with E-state index >= 15 is 0 Å². The van der Waals surface area contributed by atoms with Gasteiger partial charge in [0.1, 0.15) is 10.6 Å². The molecule has 0 unspecified atom stereocenters. The van der Waals surface area contributed by atoms with Crippen molar-refractivity contribution in [2.24, 2.45) is 0 Å². The molecule has 0 aliphatic carbocycles. The number of carbonyl (C=O) groups excluding carboxylic acids is 2. The first-order chi connectivity index (χ1) is 12.9. The minimum atomic E-state index is -1.12. The highest BCUT2D eigenvalue weighted by Crippen LogP contribution is 2.21. The summed E-state index contributed by atoms with van der Waals surface area (Å²) in [6.07, 6.45) is 0. The molecule has 0 radical (unpaired) electrons. The van der Waals surface area contributed by atoms with E-state index in [9.17, 15) is 19.6 Å². The van der Waals surface area contributed by atoms with Crippen LogP contribution >= 0.6 is 22.9 Å². The number of thiazole rings is 1. The van der Waals surface area contributed by atoms with Crippen LogP contribution in [0.4, 0.5) is 0 Å². The number of rotatable bonds is 5. The fourth-order valence-electron chi connectivity index (χ4n) is 2.29. The number of aromatic nitrogens is 1. The van der Waals surface area contributed by atoms with Crippen LogP contribution in [0.3, 0.4) is 0 Å². The molecular formula is C18H11ClN2O5S. The number of nitrogens with zero attached hydrogens (tertiary/aromatic N) is 2. The highest BCUT2D eigenvalue weighted by molar-refractivity contribution is 7.09. The van der Waals surface area contributed by atoms with E-state index in [1.807, 2.05) is 6.07 Å². The number of ether oxygens (including phenoxy) is 1. The number of fused-ring (bicyclic) bond motifs is 1. The quantitative estimate of drug-likeness (QED) is 0.602. The summed E-state index contributed by atoms with van der Waals surface area (Å²) in [6.45, 7) is 1.10. The SMILES string of the molecule is Cc1csc([C@@H](C#N)C(=O)COC(=O)c2cc(=O)c3cc(Cl)ccc3o2)n1. The standard InChI is InChI=1S/C18H11ClN2O5S/c1-9-8-27-17(21-9)12(6-20)14(23)7-25-18(24)16-5-13(22)11-4-10(19)2-3-15(11)26-16/h2-5,8,12H,7H2,1H3/t12-/m0/s1. The minimum absolute atomic E-state index is 0.165. The number of hydrogen-bond donors (Lipinski definition) is 0. The Morgan fingerprint density at radius 1 is 1.41 bits per heavy atom. The van der Waals surface area contributed by atoms with Crippen molar-refractivity contribution in [1.82, 2.24) is 4.98 Å². The van der Waals surface area contributed by atoms with Crippen molar-refractivity contribution in [3.8, 4) is 6.07 Å². The van der Waals surface area contributed by atoms with Crippen molar-refractivity contribution in [2.75, 3.05) is 6.61 Å². The van der Waals surface area contributed by atoms with Gasteiger partial charge in [0.05, 0.1) is 11.5 Å². The molecular weight excluding hydrogens is 392 g/mol. The zero-order valence-electron chi connectivity index (χ0n) is 13.9. The summed E-state index contributed by atoms with van der Waals surface area (Å²) in [5.74, 6) is -3.07. The second kappa shape index (κ2) is 7.70. The van der Waals surface area contributed by atoms with Gasteiger partial charge in [0, 0.05) is 22.2 Å². The van der Waals surface area contributed by atoms with E-state index in [0.717, 1.165) is 6.07 Å². The molecule has 3 rings (SSSR count). The summed E-state index contributed by atoms with van der Waals surface area (Å²) in [5, 5.41) is 11.8. The molecule has 0 fully saturated rings. The highest BCUT2D eigenvalue weighted by Gasteiger charge is 2.25. The minimum Gasteiger partial charge on any atom is -0.452 e. The maximum Gasteiger partial charge on any atom is 0.374 e. The Morgan fingerprint density at radius 2 is 2.19 bits per heavy atom. The Balaban J connectivity index is 1.75. The van der Waals surface area contributed by atoms with Gasteiger partial charge in [-0.1, -0.05) is 11.6 Å². The lowest BCUT2D eigenvalue weighted by Gasteiger charge is -2.07. The summed E-state index contributed by atoms with van der Waals surface area (Å²) in [4.78, 5) is 40.5. The van der Waals surface area contributed by atoms with Gasteiger partial charge >= 0.3 is 5.97 Å². The number of carbonyl (C=O) groups is 2. The topological polar surface area (TPSA) is 110 Å². The molecule has 0 saturated carbocycles. The molecule has 136 valence electrons. The van der Waals surface area contributed by atoms with Crippen LogP contribution in [0.5, 0.6) is 0 Å². The molecule has 0 spiro atoms. The second-order valence-corrected chi connectivity index (χ2v) is 6.87. The summed E-state index contributed by atoms with van der Waals surface area (Å²) >= 11 is 7.01. The van der Waals surface area contributed by atoms with E-state index in [0.29, 0.717) is 15.7 Å². The molecule has 0 N–H and O–H groups in total. The monoisotopic (exact) mass is 402 g/mol. The number of esters is 1. The first-order valence-electron chi connectivity index (χ1n) is 7.64. The predicted molar refractivity (Wildman–Crippen MR) is 98.0 cm³/mol. The molecule has 0 bridgehead atoms. The third-order valence-corrected chi connectivity index (χ3v) is 4.83. The molecule has 3 aromatic rings. The molecule has 2 aromatic heterocycles. The number of benzene rings is 1. The van der Waals surface area contributed by atoms with Crippen LogP contribution in [0.15, 0.2) is 38.9 Å². The number of nitriles is 1. The lowest BCUT2D eigenvalue weighted by molar-refractivity contribution is -0.122. The van der Waals surface area contributed by atoms with Crippen molar-refractivity contribution >= 4 is 45.7 Å². The first kappa shape index (κ1) is 18.8. The van der Waals surface area contributed by atoms with E-state index in [1.165, 1.54) is 29.5 Å². The number of Topliss-reactive ketones (excluding diaryl/α,β-unsaturated/α-hetero) is 1. The number of aryl methyl sites for hydroxylation is 1. The Hall–Kier alpha value is -3.02. The Labute approximate surface area is 161 Å². The second-order valence-electron chi connectivity index (χ2n) is 5.55. The van der Waals surface area contributed by atoms with Crippen LogP contribution in [-0.4, -0.2) is 23.3 Å². The molecule has 1 aromatic carbocycles. The molecule has 9 heteroatoms. The predicted octanol–water partition coefficient (Wildman–Crippen LogP) is 3.24. The fraction of sp³-hybridized carbons (Fsp3) is 0.167.